The van der Waals surface area contributed by atoms with Crippen LogP contribution in [0, 0.1) is 12.3 Å². The standard InChI is InChI=1S/C23H29ClN2O5/c1-13-19(22(28)30-6)16(27)12-15-20-14(11-18(26(13)15)23(2,3)4)10-17(21(24)25-20)31-9-7-8-29-5/h10,12,18H,7-9,11H2,1-6H3/t18-/m0/s1. The third kappa shape index (κ3) is 4.48. The average molecular weight is 449 g/mol. The van der Waals surface area contributed by atoms with Gasteiger partial charge in [-0.3, -0.25) is 4.79 Å². The molecule has 0 unspecified atom stereocenters. The van der Waals surface area contributed by atoms with Crippen LogP contribution in [0.2, 0.25) is 5.15 Å². The van der Waals surface area contributed by atoms with Gasteiger partial charge < -0.3 is 18.8 Å². The molecule has 0 radical (unpaired) electrons. The second-order valence-electron chi connectivity index (χ2n) is 8.78. The minimum absolute atomic E-state index is 0.0108. The minimum Gasteiger partial charge on any atom is -0.490 e. The molecule has 168 valence electrons. The van der Waals surface area contributed by atoms with E-state index in [4.69, 9.17) is 25.8 Å². The molecule has 0 bridgehead atoms. The van der Waals surface area contributed by atoms with Gasteiger partial charge in [0.15, 0.2) is 16.3 Å². The lowest BCUT2D eigenvalue weighted by atomic mass is 9.79. The van der Waals surface area contributed by atoms with E-state index >= 15 is 0 Å². The van der Waals surface area contributed by atoms with E-state index in [1.54, 1.807) is 14.0 Å². The van der Waals surface area contributed by atoms with Crippen LogP contribution in [0.15, 0.2) is 16.9 Å². The smallest absolute Gasteiger partial charge is 0.343 e. The number of rotatable bonds is 6. The van der Waals surface area contributed by atoms with Crippen LogP contribution in [0.3, 0.4) is 0 Å². The highest BCUT2D eigenvalue weighted by Crippen LogP contribution is 2.44. The minimum atomic E-state index is -0.637. The van der Waals surface area contributed by atoms with Crippen molar-refractivity contribution in [1.82, 2.24) is 9.55 Å². The van der Waals surface area contributed by atoms with E-state index in [1.165, 1.54) is 13.2 Å². The highest BCUT2D eigenvalue weighted by atomic mass is 35.5. The third-order valence-electron chi connectivity index (χ3n) is 5.63. The first kappa shape index (κ1) is 23.3. The molecule has 0 amide bonds. The summed E-state index contributed by atoms with van der Waals surface area (Å²) in [6.07, 6.45) is 1.40. The summed E-state index contributed by atoms with van der Waals surface area (Å²) in [4.78, 5) is 29.7. The molecule has 0 aliphatic carbocycles. The Morgan fingerprint density at radius 3 is 2.58 bits per heavy atom. The van der Waals surface area contributed by atoms with E-state index in [1.807, 2.05) is 10.6 Å². The maximum absolute atomic E-state index is 12.8. The predicted octanol–water partition coefficient (Wildman–Crippen LogP) is 4.22. The van der Waals surface area contributed by atoms with Gasteiger partial charge in [0.1, 0.15) is 5.56 Å². The van der Waals surface area contributed by atoms with Crippen LogP contribution in [-0.2, 0) is 15.9 Å². The maximum Gasteiger partial charge on any atom is 0.343 e. The number of hydrogen-bond donors (Lipinski definition) is 0. The molecule has 1 aliphatic heterocycles. The Hall–Kier alpha value is -2.38. The number of nitrogens with zero attached hydrogens (tertiary/aromatic N) is 2. The van der Waals surface area contributed by atoms with Crippen LogP contribution in [0.4, 0.5) is 0 Å². The van der Waals surface area contributed by atoms with E-state index < -0.39 is 11.4 Å². The van der Waals surface area contributed by atoms with Crippen LogP contribution in [-0.4, -0.2) is 43.0 Å². The van der Waals surface area contributed by atoms with Gasteiger partial charge in [-0.15, -0.1) is 0 Å². The second kappa shape index (κ2) is 9.01. The zero-order valence-corrected chi connectivity index (χ0v) is 19.6. The lowest BCUT2D eigenvalue weighted by Gasteiger charge is -2.40. The number of esters is 1. The fourth-order valence-corrected chi connectivity index (χ4v) is 4.24. The molecule has 0 saturated carbocycles. The van der Waals surface area contributed by atoms with E-state index in [0.29, 0.717) is 42.5 Å². The summed E-state index contributed by atoms with van der Waals surface area (Å²) in [5.41, 5.74) is 2.30. The molecule has 0 aromatic carbocycles. The van der Waals surface area contributed by atoms with E-state index in [9.17, 15) is 9.59 Å². The van der Waals surface area contributed by atoms with Crippen molar-refractivity contribution in [3.63, 3.8) is 0 Å². The first-order chi connectivity index (χ1) is 14.6. The highest BCUT2D eigenvalue weighted by Gasteiger charge is 2.36. The lowest BCUT2D eigenvalue weighted by molar-refractivity contribution is 0.0596. The topological polar surface area (TPSA) is 79.7 Å². The second-order valence-corrected chi connectivity index (χ2v) is 9.14. The van der Waals surface area contributed by atoms with Crippen molar-refractivity contribution in [2.45, 2.75) is 46.6 Å². The van der Waals surface area contributed by atoms with E-state index in [0.717, 1.165) is 12.0 Å². The molecule has 3 heterocycles. The van der Waals surface area contributed by atoms with E-state index in [2.05, 4.69) is 25.8 Å². The molecule has 0 saturated heterocycles. The van der Waals surface area contributed by atoms with Crippen LogP contribution >= 0.6 is 11.6 Å². The van der Waals surface area contributed by atoms with Crippen LogP contribution < -0.4 is 10.2 Å². The van der Waals surface area contributed by atoms with Crippen molar-refractivity contribution >= 4 is 17.6 Å². The number of methoxy groups -OCH3 is 2. The van der Waals surface area contributed by atoms with Gasteiger partial charge in [0.05, 0.1) is 25.1 Å². The van der Waals surface area contributed by atoms with Crippen molar-refractivity contribution in [3.8, 4) is 17.1 Å². The SMILES string of the molecule is COCCCOc1cc2c(nc1Cl)-c1cc(=O)c(C(=O)OC)c(C)n1[C@H](C(C)(C)C)C2. The summed E-state index contributed by atoms with van der Waals surface area (Å²) in [5.74, 6) is -0.120. The van der Waals surface area contributed by atoms with Crippen molar-refractivity contribution < 1.29 is 19.0 Å². The molecular formula is C23H29ClN2O5. The Morgan fingerprint density at radius 1 is 1.26 bits per heavy atom. The van der Waals surface area contributed by atoms with Crippen molar-refractivity contribution in [2.75, 3.05) is 27.4 Å². The number of fused-ring (bicyclic) bond motifs is 3. The summed E-state index contributed by atoms with van der Waals surface area (Å²) in [7, 11) is 2.92. The summed E-state index contributed by atoms with van der Waals surface area (Å²) in [6, 6.07) is 3.36. The van der Waals surface area contributed by atoms with Gasteiger partial charge in [0, 0.05) is 37.9 Å². The van der Waals surface area contributed by atoms with Crippen LogP contribution in [0.5, 0.6) is 5.75 Å². The van der Waals surface area contributed by atoms with Gasteiger partial charge in [-0.2, -0.15) is 0 Å². The molecular weight excluding hydrogens is 420 g/mol. The Labute approximate surface area is 187 Å². The van der Waals surface area contributed by atoms with Crippen LogP contribution in [0.25, 0.3) is 11.4 Å². The first-order valence-electron chi connectivity index (χ1n) is 10.3. The molecule has 0 spiro atoms. The molecule has 0 fully saturated rings. The number of carbonyl (C=O) groups excluding carboxylic acids is 1. The third-order valence-corrected chi connectivity index (χ3v) is 5.90. The Balaban J connectivity index is 2.18. The zero-order valence-electron chi connectivity index (χ0n) is 18.9. The number of halogens is 1. The Bertz CT molecular complexity index is 1060. The molecule has 7 nitrogen and oxygen atoms in total. The fraction of sp³-hybridized carbons (Fsp3) is 0.522. The molecule has 8 heteroatoms. The van der Waals surface area contributed by atoms with Gasteiger partial charge in [0.25, 0.3) is 0 Å². The normalized spacial score (nSPS) is 15.3. The highest BCUT2D eigenvalue weighted by molar-refractivity contribution is 6.31. The monoisotopic (exact) mass is 448 g/mol. The Kier molecular flexibility index (Phi) is 6.76. The Morgan fingerprint density at radius 2 is 1.97 bits per heavy atom. The molecule has 2 aromatic rings. The largest absolute Gasteiger partial charge is 0.490 e. The molecule has 31 heavy (non-hydrogen) atoms. The van der Waals surface area contributed by atoms with E-state index in [-0.39, 0.29) is 22.2 Å². The van der Waals surface area contributed by atoms with Crippen molar-refractivity contribution in [3.05, 3.63) is 44.3 Å². The summed E-state index contributed by atoms with van der Waals surface area (Å²) >= 11 is 6.42. The van der Waals surface area contributed by atoms with Crippen molar-refractivity contribution in [2.24, 2.45) is 5.41 Å². The predicted molar refractivity (Wildman–Crippen MR) is 119 cm³/mol. The quantitative estimate of drug-likeness (QED) is 0.374. The first-order valence-corrected chi connectivity index (χ1v) is 10.6. The van der Waals surface area contributed by atoms with Gasteiger partial charge in [0.2, 0.25) is 0 Å². The van der Waals surface area contributed by atoms with Gasteiger partial charge in [-0.1, -0.05) is 32.4 Å². The van der Waals surface area contributed by atoms with Crippen molar-refractivity contribution in [1.29, 1.82) is 0 Å². The number of ether oxygens (including phenoxy) is 3. The summed E-state index contributed by atoms with van der Waals surface area (Å²) < 4.78 is 17.8. The molecule has 2 aromatic heterocycles. The number of aromatic nitrogens is 2. The summed E-state index contributed by atoms with van der Waals surface area (Å²) in [5, 5.41) is 0.235. The molecule has 3 rings (SSSR count). The lowest BCUT2D eigenvalue weighted by Crippen LogP contribution is -2.35. The van der Waals surface area contributed by atoms with Crippen LogP contribution in [0.1, 0.15) is 54.8 Å². The molecule has 0 N–H and O–H groups in total. The average Bonchev–Trinajstić information content (AvgIpc) is 2.70. The number of hydrogen-bond acceptors (Lipinski definition) is 6. The molecule has 1 atom stereocenters. The fourth-order valence-electron chi connectivity index (χ4n) is 4.05. The number of pyridine rings is 2. The maximum atomic E-state index is 12.8. The number of carbonyl (C=O) groups is 1. The molecule has 1 aliphatic rings. The zero-order chi connectivity index (χ0) is 22.9. The van der Waals surface area contributed by atoms with Gasteiger partial charge in [-0.05, 0) is 30.4 Å². The van der Waals surface area contributed by atoms with Gasteiger partial charge in [-0.25, -0.2) is 9.78 Å². The summed E-state index contributed by atoms with van der Waals surface area (Å²) in [6.45, 7) is 9.23. The van der Waals surface area contributed by atoms with Gasteiger partial charge >= 0.3 is 5.97 Å².